The van der Waals surface area contributed by atoms with Gasteiger partial charge in [-0.3, -0.25) is 0 Å². The van der Waals surface area contributed by atoms with E-state index < -0.39 is 21.9 Å². The molecule has 1 aromatic rings. The lowest BCUT2D eigenvalue weighted by Crippen LogP contribution is -2.31. The zero-order valence-electron chi connectivity index (χ0n) is 8.24. The summed E-state index contributed by atoms with van der Waals surface area (Å²) in [5.41, 5.74) is 0. The standard InChI is InChI=1S/C9H8BrFN2O2S/c1-6(5-12)13-16(14,15)9-4-7(11)2-3-8(9)10/h2-4,6,13H,1H3. The van der Waals surface area contributed by atoms with Crippen molar-refractivity contribution in [2.75, 3.05) is 0 Å². The number of sulfonamides is 1. The first kappa shape index (κ1) is 13.1. The Balaban J connectivity index is 3.18. The number of benzene rings is 1. The van der Waals surface area contributed by atoms with E-state index >= 15 is 0 Å². The highest BCUT2D eigenvalue weighted by molar-refractivity contribution is 9.10. The van der Waals surface area contributed by atoms with Crippen LogP contribution < -0.4 is 4.72 Å². The van der Waals surface area contributed by atoms with Gasteiger partial charge in [-0.1, -0.05) is 0 Å². The molecule has 1 aromatic carbocycles. The lowest BCUT2D eigenvalue weighted by molar-refractivity contribution is 0.572. The van der Waals surface area contributed by atoms with Crippen molar-refractivity contribution in [3.63, 3.8) is 0 Å². The molecule has 0 aliphatic carbocycles. The summed E-state index contributed by atoms with van der Waals surface area (Å²) in [6.45, 7) is 1.39. The van der Waals surface area contributed by atoms with Crippen LogP contribution in [0.4, 0.5) is 4.39 Å². The van der Waals surface area contributed by atoms with Gasteiger partial charge in [0.05, 0.1) is 11.0 Å². The van der Waals surface area contributed by atoms with Gasteiger partial charge in [0, 0.05) is 4.47 Å². The fourth-order valence-corrected chi connectivity index (χ4v) is 3.13. The number of hydrogen-bond acceptors (Lipinski definition) is 3. The van der Waals surface area contributed by atoms with E-state index in [-0.39, 0.29) is 9.37 Å². The summed E-state index contributed by atoms with van der Waals surface area (Å²) in [4.78, 5) is -0.227. The van der Waals surface area contributed by atoms with Crippen molar-refractivity contribution in [2.45, 2.75) is 17.9 Å². The highest BCUT2D eigenvalue weighted by Crippen LogP contribution is 2.22. The van der Waals surface area contributed by atoms with Gasteiger partial charge in [0.15, 0.2) is 0 Å². The molecule has 7 heteroatoms. The van der Waals surface area contributed by atoms with Crippen LogP contribution >= 0.6 is 15.9 Å². The van der Waals surface area contributed by atoms with E-state index in [1.165, 1.54) is 13.0 Å². The zero-order chi connectivity index (χ0) is 12.3. The lowest BCUT2D eigenvalue weighted by atomic mass is 10.3. The molecule has 0 bridgehead atoms. The molecule has 86 valence electrons. The Hall–Kier alpha value is -0.970. The maximum Gasteiger partial charge on any atom is 0.242 e. The SMILES string of the molecule is CC(C#N)NS(=O)(=O)c1cc(F)ccc1Br. The normalized spacial score (nSPS) is 13.1. The van der Waals surface area contributed by atoms with Gasteiger partial charge in [-0.2, -0.15) is 9.98 Å². The van der Waals surface area contributed by atoms with Crippen LogP contribution in [0.1, 0.15) is 6.92 Å². The third-order valence-electron chi connectivity index (χ3n) is 1.71. The molecule has 0 heterocycles. The molecule has 0 fully saturated rings. The summed E-state index contributed by atoms with van der Waals surface area (Å²) >= 11 is 3.01. The summed E-state index contributed by atoms with van der Waals surface area (Å²) in [5, 5.41) is 8.51. The third kappa shape index (κ3) is 3.01. The smallest absolute Gasteiger partial charge is 0.207 e. The van der Waals surface area contributed by atoms with Gasteiger partial charge in [0.2, 0.25) is 10.0 Å². The van der Waals surface area contributed by atoms with Gasteiger partial charge >= 0.3 is 0 Å². The van der Waals surface area contributed by atoms with Crippen LogP contribution in [0, 0.1) is 17.1 Å². The van der Waals surface area contributed by atoms with Crippen molar-refractivity contribution < 1.29 is 12.8 Å². The molecular weight excluding hydrogens is 299 g/mol. The molecule has 0 amide bonds. The molecule has 0 aromatic heterocycles. The van der Waals surface area contributed by atoms with Crippen LogP contribution in [-0.2, 0) is 10.0 Å². The molecule has 0 saturated carbocycles. The minimum absolute atomic E-state index is 0.227. The topological polar surface area (TPSA) is 70.0 Å². The van der Waals surface area contributed by atoms with E-state index in [1.807, 2.05) is 0 Å². The second-order valence-electron chi connectivity index (χ2n) is 3.05. The Bertz CT molecular complexity index is 539. The summed E-state index contributed by atoms with van der Waals surface area (Å²) in [7, 11) is -3.88. The first-order valence-electron chi connectivity index (χ1n) is 4.24. The first-order valence-corrected chi connectivity index (χ1v) is 6.51. The predicted molar refractivity (Wildman–Crippen MR) is 59.5 cm³/mol. The molecular formula is C9H8BrFN2O2S. The maximum atomic E-state index is 12.9. The first-order chi connectivity index (χ1) is 7.36. The molecule has 1 N–H and O–H groups in total. The van der Waals surface area contributed by atoms with Crippen molar-refractivity contribution >= 4 is 26.0 Å². The monoisotopic (exact) mass is 306 g/mol. The molecule has 0 radical (unpaired) electrons. The van der Waals surface area contributed by atoms with Gasteiger partial charge < -0.3 is 0 Å². The number of hydrogen-bond donors (Lipinski definition) is 1. The highest BCUT2D eigenvalue weighted by atomic mass is 79.9. The number of nitrogens with one attached hydrogen (secondary N) is 1. The van der Waals surface area contributed by atoms with Crippen LogP contribution in [-0.4, -0.2) is 14.5 Å². The van der Waals surface area contributed by atoms with E-state index in [4.69, 9.17) is 5.26 Å². The molecule has 1 rings (SSSR count). The predicted octanol–water partition coefficient (Wildman–Crippen LogP) is 1.78. The minimum atomic E-state index is -3.88. The summed E-state index contributed by atoms with van der Waals surface area (Å²) in [6.07, 6.45) is 0. The molecule has 0 saturated heterocycles. The zero-order valence-corrected chi connectivity index (χ0v) is 10.6. The molecule has 0 spiro atoms. The third-order valence-corrected chi connectivity index (χ3v) is 4.24. The Morgan fingerprint density at radius 2 is 2.19 bits per heavy atom. The van der Waals surface area contributed by atoms with Crippen molar-refractivity contribution in [3.05, 3.63) is 28.5 Å². The second kappa shape index (κ2) is 4.91. The number of nitriles is 1. The van der Waals surface area contributed by atoms with E-state index in [1.54, 1.807) is 6.07 Å². The largest absolute Gasteiger partial charge is 0.242 e. The van der Waals surface area contributed by atoms with Crippen LogP contribution in [0.15, 0.2) is 27.6 Å². The van der Waals surface area contributed by atoms with Crippen molar-refractivity contribution in [1.29, 1.82) is 5.26 Å². The molecule has 0 aliphatic rings. The Morgan fingerprint density at radius 3 is 2.75 bits per heavy atom. The van der Waals surface area contributed by atoms with E-state index in [0.29, 0.717) is 0 Å². The molecule has 1 unspecified atom stereocenters. The van der Waals surface area contributed by atoms with Gasteiger partial charge in [0.25, 0.3) is 0 Å². The average Bonchev–Trinajstić information content (AvgIpc) is 2.20. The Kier molecular flexibility index (Phi) is 4.02. The number of rotatable bonds is 3. The van der Waals surface area contributed by atoms with Gasteiger partial charge in [-0.15, -0.1) is 0 Å². The summed E-state index contributed by atoms with van der Waals surface area (Å²) in [6, 6.07) is 4.16. The maximum absolute atomic E-state index is 12.9. The minimum Gasteiger partial charge on any atom is -0.207 e. The Morgan fingerprint density at radius 1 is 1.56 bits per heavy atom. The summed E-state index contributed by atoms with van der Waals surface area (Å²) < 4.78 is 38.7. The highest BCUT2D eigenvalue weighted by Gasteiger charge is 2.20. The average molecular weight is 307 g/mol. The van der Waals surface area contributed by atoms with Crippen LogP contribution in [0.25, 0.3) is 0 Å². The van der Waals surface area contributed by atoms with Gasteiger partial charge in [-0.05, 0) is 41.1 Å². The summed E-state index contributed by atoms with van der Waals surface area (Å²) in [5.74, 6) is -0.659. The van der Waals surface area contributed by atoms with Crippen LogP contribution in [0.5, 0.6) is 0 Å². The van der Waals surface area contributed by atoms with Gasteiger partial charge in [-0.25, -0.2) is 12.8 Å². The van der Waals surface area contributed by atoms with Crippen molar-refractivity contribution in [2.24, 2.45) is 0 Å². The quantitative estimate of drug-likeness (QED) is 0.925. The Labute approximate surface area is 101 Å². The van der Waals surface area contributed by atoms with Crippen LogP contribution in [0.2, 0.25) is 0 Å². The van der Waals surface area contributed by atoms with Gasteiger partial charge in [0.1, 0.15) is 11.9 Å². The van der Waals surface area contributed by atoms with E-state index in [9.17, 15) is 12.8 Å². The molecule has 16 heavy (non-hydrogen) atoms. The molecule has 0 aliphatic heterocycles. The van der Waals surface area contributed by atoms with E-state index in [2.05, 4.69) is 20.7 Å². The van der Waals surface area contributed by atoms with Crippen molar-refractivity contribution in [3.8, 4) is 6.07 Å². The van der Waals surface area contributed by atoms with Crippen molar-refractivity contribution in [1.82, 2.24) is 4.72 Å². The fourth-order valence-electron chi connectivity index (χ4n) is 1.01. The lowest BCUT2D eigenvalue weighted by Gasteiger charge is -2.09. The fraction of sp³-hybridized carbons (Fsp3) is 0.222. The molecule has 1 atom stereocenters. The molecule has 4 nitrogen and oxygen atoms in total. The number of nitrogens with zero attached hydrogens (tertiary/aromatic N) is 1. The second-order valence-corrected chi connectivity index (χ2v) is 5.58. The van der Waals surface area contributed by atoms with E-state index in [0.717, 1.165) is 12.1 Å². The van der Waals surface area contributed by atoms with Crippen LogP contribution in [0.3, 0.4) is 0 Å². The number of halogens is 2.